The summed E-state index contributed by atoms with van der Waals surface area (Å²) in [6, 6.07) is 9.73. The van der Waals surface area contributed by atoms with Crippen molar-refractivity contribution in [3.05, 3.63) is 57.5 Å². The highest BCUT2D eigenvalue weighted by molar-refractivity contribution is 7.18. The van der Waals surface area contributed by atoms with Crippen LogP contribution in [0.5, 0.6) is 0 Å². The van der Waals surface area contributed by atoms with Gasteiger partial charge in [-0.1, -0.05) is 12.1 Å². The average Bonchev–Trinajstić information content (AvgIpc) is 3.31. The van der Waals surface area contributed by atoms with Crippen LogP contribution in [0.25, 0.3) is 21.3 Å². The third-order valence-electron chi connectivity index (χ3n) is 5.04. The third-order valence-corrected chi connectivity index (χ3v) is 6.24. The van der Waals surface area contributed by atoms with E-state index >= 15 is 0 Å². The number of pyridine rings is 1. The van der Waals surface area contributed by atoms with Crippen LogP contribution in [0.1, 0.15) is 34.1 Å². The minimum atomic E-state index is -0.266. The molecule has 1 atom stereocenters. The molecule has 0 bridgehead atoms. The van der Waals surface area contributed by atoms with Crippen molar-refractivity contribution in [2.24, 2.45) is 0 Å². The number of thiazole rings is 1. The van der Waals surface area contributed by atoms with E-state index in [4.69, 9.17) is 4.98 Å². The van der Waals surface area contributed by atoms with Crippen LogP contribution in [0.2, 0.25) is 0 Å². The number of fused-ring (bicyclic) bond motifs is 2. The zero-order valence-corrected chi connectivity index (χ0v) is 15.3. The summed E-state index contributed by atoms with van der Waals surface area (Å²) >= 11 is 1.71. The van der Waals surface area contributed by atoms with Gasteiger partial charge >= 0.3 is 0 Å². The number of carbonyl (C=O) groups is 1. The first-order valence-electron chi connectivity index (χ1n) is 8.90. The normalized spacial score (nSPS) is 17.6. The van der Waals surface area contributed by atoms with E-state index in [9.17, 15) is 9.59 Å². The van der Waals surface area contributed by atoms with Crippen molar-refractivity contribution in [2.45, 2.75) is 18.8 Å². The summed E-state index contributed by atoms with van der Waals surface area (Å²) in [6.45, 7) is 1.35. The van der Waals surface area contributed by atoms with E-state index in [1.807, 2.05) is 23.1 Å². The Morgan fingerprint density at radius 2 is 2.15 bits per heavy atom. The van der Waals surface area contributed by atoms with E-state index in [1.165, 1.54) is 10.9 Å². The van der Waals surface area contributed by atoms with Crippen LogP contribution in [0, 0.1) is 0 Å². The number of H-pyrrole nitrogens is 2. The van der Waals surface area contributed by atoms with Gasteiger partial charge in [0.05, 0.1) is 26.2 Å². The quantitative estimate of drug-likeness (QED) is 0.560. The molecule has 1 fully saturated rings. The standard InChI is InChI=1S/C19H17N5O2S/c25-17-13-8-12(9-20-16(13)22-23-17)19(26)24-7-3-4-11(10-24)18-21-14-5-1-2-6-15(14)27-18/h1-2,5-6,8-9,11H,3-4,7,10H2,(H2,20,22,23,25). The number of hydrogen-bond donors (Lipinski definition) is 2. The van der Waals surface area contributed by atoms with Gasteiger partial charge in [0.25, 0.3) is 11.5 Å². The molecule has 7 nitrogen and oxygen atoms in total. The lowest BCUT2D eigenvalue weighted by Crippen LogP contribution is -2.39. The first-order valence-corrected chi connectivity index (χ1v) is 9.72. The number of rotatable bonds is 2. The van der Waals surface area contributed by atoms with Crippen LogP contribution >= 0.6 is 11.3 Å². The van der Waals surface area contributed by atoms with Crippen LogP contribution in [0.3, 0.4) is 0 Å². The van der Waals surface area contributed by atoms with Crippen molar-refractivity contribution in [2.75, 3.05) is 13.1 Å². The van der Waals surface area contributed by atoms with E-state index in [2.05, 4.69) is 21.2 Å². The highest BCUT2D eigenvalue weighted by Crippen LogP contribution is 2.33. The molecule has 2 N–H and O–H groups in total. The molecular formula is C19H17N5O2S. The molecule has 1 unspecified atom stereocenters. The van der Waals surface area contributed by atoms with Crippen LogP contribution < -0.4 is 5.56 Å². The van der Waals surface area contributed by atoms with Gasteiger partial charge < -0.3 is 4.90 Å². The molecule has 1 amide bonds. The van der Waals surface area contributed by atoms with Crippen molar-refractivity contribution in [3.63, 3.8) is 0 Å². The number of aromatic nitrogens is 4. The molecule has 0 radical (unpaired) electrons. The Balaban J connectivity index is 1.41. The molecule has 0 saturated carbocycles. The molecule has 5 rings (SSSR count). The molecule has 136 valence electrons. The summed E-state index contributed by atoms with van der Waals surface area (Å²) < 4.78 is 1.18. The topological polar surface area (TPSA) is 94.7 Å². The number of nitrogens with one attached hydrogen (secondary N) is 2. The molecule has 1 saturated heterocycles. The van der Waals surface area contributed by atoms with E-state index in [0.717, 1.165) is 23.4 Å². The zero-order valence-electron chi connectivity index (χ0n) is 14.4. The molecule has 27 heavy (non-hydrogen) atoms. The first-order chi connectivity index (χ1) is 13.2. The summed E-state index contributed by atoms with van der Waals surface area (Å²) in [5.74, 6) is 0.156. The molecule has 4 aromatic rings. The van der Waals surface area contributed by atoms with Crippen LogP contribution in [-0.2, 0) is 0 Å². The van der Waals surface area contributed by atoms with E-state index in [0.29, 0.717) is 29.7 Å². The predicted molar refractivity (Wildman–Crippen MR) is 104 cm³/mol. The third kappa shape index (κ3) is 2.82. The second kappa shape index (κ2) is 6.31. The van der Waals surface area contributed by atoms with Gasteiger partial charge in [-0.05, 0) is 31.0 Å². The molecule has 8 heteroatoms. The monoisotopic (exact) mass is 379 g/mol. The van der Waals surface area contributed by atoms with Crippen LogP contribution in [0.15, 0.2) is 41.3 Å². The number of benzene rings is 1. The number of carbonyl (C=O) groups excluding carboxylic acids is 1. The van der Waals surface area contributed by atoms with E-state index in [1.54, 1.807) is 17.4 Å². The Labute approximate surface area is 158 Å². The summed E-state index contributed by atoms with van der Waals surface area (Å²) in [6.07, 6.45) is 3.49. The molecule has 1 aliphatic heterocycles. The first kappa shape index (κ1) is 16.2. The van der Waals surface area contributed by atoms with Gasteiger partial charge in [0.15, 0.2) is 5.65 Å². The van der Waals surface area contributed by atoms with Crippen LogP contribution in [-0.4, -0.2) is 44.1 Å². The Morgan fingerprint density at radius 1 is 1.26 bits per heavy atom. The number of piperidine rings is 1. The number of hydrogen-bond acceptors (Lipinski definition) is 5. The predicted octanol–water partition coefficient (Wildman–Crippen LogP) is 2.88. The number of aromatic amines is 2. The average molecular weight is 379 g/mol. The maximum atomic E-state index is 13.0. The lowest BCUT2D eigenvalue weighted by Gasteiger charge is -2.31. The van der Waals surface area contributed by atoms with Gasteiger partial charge in [-0.2, -0.15) is 0 Å². The maximum absolute atomic E-state index is 13.0. The molecule has 1 aliphatic rings. The molecule has 4 heterocycles. The fourth-order valence-electron chi connectivity index (χ4n) is 3.65. The molecule has 0 aliphatic carbocycles. The number of nitrogens with zero attached hydrogens (tertiary/aromatic N) is 3. The highest BCUT2D eigenvalue weighted by atomic mass is 32.1. The Hall–Kier alpha value is -3.00. The molecule has 0 spiro atoms. The fourth-order valence-corrected chi connectivity index (χ4v) is 4.74. The van der Waals surface area contributed by atoms with Crippen molar-refractivity contribution in [1.29, 1.82) is 0 Å². The Bertz CT molecular complexity index is 1170. The van der Waals surface area contributed by atoms with Crippen molar-refractivity contribution in [1.82, 2.24) is 25.1 Å². The van der Waals surface area contributed by atoms with Gasteiger partial charge in [-0.25, -0.2) is 9.97 Å². The summed E-state index contributed by atoms with van der Waals surface area (Å²) in [7, 11) is 0. The maximum Gasteiger partial charge on any atom is 0.273 e. The van der Waals surface area contributed by atoms with Gasteiger partial charge in [0.2, 0.25) is 0 Å². The fraction of sp³-hybridized carbons (Fsp3) is 0.263. The second-order valence-electron chi connectivity index (χ2n) is 6.81. The van der Waals surface area contributed by atoms with E-state index < -0.39 is 0 Å². The summed E-state index contributed by atoms with van der Waals surface area (Å²) in [5.41, 5.74) is 1.65. The SMILES string of the molecule is O=C(c1cnc2[nH][nH]c(=O)c2c1)N1CCCC(c2nc3ccccc3s2)C1. The molecule has 1 aromatic carbocycles. The minimum Gasteiger partial charge on any atom is -0.338 e. The van der Waals surface area contributed by atoms with Crippen molar-refractivity contribution < 1.29 is 4.79 Å². The lowest BCUT2D eigenvalue weighted by atomic mass is 9.98. The smallest absolute Gasteiger partial charge is 0.273 e. The van der Waals surface area contributed by atoms with Gasteiger partial charge in [0.1, 0.15) is 0 Å². The van der Waals surface area contributed by atoms with E-state index in [-0.39, 0.29) is 17.4 Å². The summed E-state index contributed by atoms with van der Waals surface area (Å²) in [5, 5.41) is 6.67. The number of likely N-dealkylation sites (tertiary alicyclic amines) is 1. The number of para-hydroxylation sites is 1. The minimum absolute atomic E-state index is 0.0872. The highest BCUT2D eigenvalue weighted by Gasteiger charge is 2.28. The van der Waals surface area contributed by atoms with Gasteiger partial charge in [-0.3, -0.25) is 19.8 Å². The van der Waals surface area contributed by atoms with Gasteiger partial charge in [-0.15, -0.1) is 11.3 Å². The van der Waals surface area contributed by atoms with Crippen molar-refractivity contribution >= 4 is 38.5 Å². The molecule has 3 aromatic heterocycles. The lowest BCUT2D eigenvalue weighted by molar-refractivity contribution is 0.0707. The van der Waals surface area contributed by atoms with Crippen molar-refractivity contribution in [3.8, 4) is 0 Å². The second-order valence-corrected chi connectivity index (χ2v) is 7.87. The largest absolute Gasteiger partial charge is 0.338 e. The molecular weight excluding hydrogens is 362 g/mol. The van der Waals surface area contributed by atoms with Gasteiger partial charge in [0, 0.05) is 25.2 Å². The summed E-state index contributed by atoms with van der Waals surface area (Å²) in [4.78, 5) is 35.6. The zero-order chi connectivity index (χ0) is 18.4. The Morgan fingerprint density at radius 3 is 3.04 bits per heavy atom. The van der Waals surface area contributed by atoms with Crippen LogP contribution in [0.4, 0.5) is 0 Å². The number of amides is 1. The Kier molecular flexibility index (Phi) is 3.78.